The first kappa shape index (κ1) is 44.7. The summed E-state index contributed by atoms with van der Waals surface area (Å²) in [5.74, 6) is 0.777. The summed E-state index contributed by atoms with van der Waals surface area (Å²) in [6.45, 7) is 13.4. The van der Waals surface area contributed by atoms with Gasteiger partial charge in [0.15, 0.2) is 0 Å². The quantitative estimate of drug-likeness (QED) is 0.0865. The molecule has 0 aliphatic rings. The molecule has 0 fully saturated rings. The van der Waals surface area contributed by atoms with Crippen LogP contribution in [0.4, 0.5) is 0 Å². The van der Waals surface area contributed by atoms with Crippen molar-refractivity contribution in [2.24, 2.45) is 0 Å². The predicted molar refractivity (Wildman–Crippen MR) is 303 cm³/mol. The second-order valence-electron chi connectivity index (χ2n) is 20.2. The molecule has 0 aliphatic carbocycles. The predicted octanol–water partition coefficient (Wildman–Crippen LogP) is 17.7. The smallest absolute Gasteiger partial charge is 0.121 e. The number of rotatable bonds is 8. The van der Waals surface area contributed by atoms with Crippen LogP contribution in [0.25, 0.3) is 105 Å². The molecule has 0 aliphatic heterocycles. The first-order chi connectivity index (χ1) is 35.6. The molecule has 9 aromatic carbocycles. The Bertz CT molecular complexity index is 4000. The van der Waals surface area contributed by atoms with Gasteiger partial charge in [-0.05, 0) is 120 Å². The fraction of sp³-hybridized carbons (Fsp3) is 0.152. The van der Waals surface area contributed by atoms with Crippen LogP contribution in [0.1, 0.15) is 60.3 Å². The fourth-order valence-electron chi connectivity index (χ4n) is 9.94. The number of furan rings is 1. The summed E-state index contributed by atoms with van der Waals surface area (Å²) >= 11 is 0. The van der Waals surface area contributed by atoms with Crippen molar-refractivity contribution in [2.75, 3.05) is 0 Å². The molecule has 0 atom stereocenters. The molecule has 3 aromatic heterocycles. The molecule has 4 nitrogen and oxygen atoms in total. The van der Waals surface area contributed by atoms with Gasteiger partial charge in [0.2, 0.25) is 0 Å². The molecule has 0 spiro atoms. The minimum absolute atomic E-state index is 0. The van der Waals surface area contributed by atoms with Gasteiger partial charge in [0, 0.05) is 41.5 Å². The van der Waals surface area contributed by atoms with Crippen LogP contribution in [0.3, 0.4) is 0 Å². The molecule has 357 valence electrons. The Kier molecular flexibility index (Phi) is 12.3. The van der Waals surface area contributed by atoms with Crippen molar-refractivity contribution in [3.63, 3.8) is 0 Å². The average molecular weight is 1130 g/mol. The molecule has 1 radical (unpaired) electrons. The SMILES string of the molecule is C[Si](C)(C)c1ccc(-c2[c-]cccc2)nc1.[2H]C([2H])([2H])c1cccc2nc(-c3[c-]ccc4c3oc3cc5c(ccc6ccccc65)cc34)n(-c3c(C(C)C)cc(-c4ccc(-c5ccccc5)cc4)cc3C(C)C)c12.[Ir]. The molecule has 0 saturated carbocycles. The number of imidazole rings is 1. The third-order valence-corrected chi connectivity index (χ3v) is 15.8. The normalized spacial score (nSPS) is 12.5. The maximum absolute atomic E-state index is 8.73. The number of aryl methyl sites for hydroxylation is 1. The maximum Gasteiger partial charge on any atom is 0.121 e. The van der Waals surface area contributed by atoms with E-state index in [2.05, 4.69) is 196 Å². The number of para-hydroxylation sites is 1. The Hall–Kier alpha value is -7.21. The van der Waals surface area contributed by atoms with E-state index in [1.54, 1.807) is 12.1 Å². The van der Waals surface area contributed by atoms with E-state index in [9.17, 15) is 0 Å². The molecular formula is C66H57IrN3OSi-2. The van der Waals surface area contributed by atoms with Gasteiger partial charge < -0.3 is 14.0 Å². The topological polar surface area (TPSA) is 43.9 Å². The number of nitrogens with zero attached hydrogens (tertiary/aromatic N) is 3. The summed E-state index contributed by atoms with van der Waals surface area (Å²) in [5.41, 5.74) is 13.3. The second-order valence-corrected chi connectivity index (χ2v) is 25.3. The van der Waals surface area contributed by atoms with Gasteiger partial charge in [-0.2, -0.15) is 0 Å². The number of hydrogen-bond acceptors (Lipinski definition) is 3. The fourth-order valence-corrected chi connectivity index (χ4v) is 11.0. The number of hydrogen-bond donors (Lipinski definition) is 0. The number of pyridine rings is 1. The summed E-state index contributed by atoms with van der Waals surface area (Å²) in [7, 11) is -1.23. The monoisotopic (exact) mass is 1130 g/mol. The molecule has 12 aromatic rings. The third-order valence-electron chi connectivity index (χ3n) is 13.8. The van der Waals surface area contributed by atoms with Crippen molar-refractivity contribution in [1.29, 1.82) is 0 Å². The Morgan fingerprint density at radius 1 is 0.583 bits per heavy atom. The third kappa shape index (κ3) is 9.05. The van der Waals surface area contributed by atoms with Crippen LogP contribution in [0, 0.1) is 19.0 Å². The van der Waals surface area contributed by atoms with Crippen molar-refractivity contribution in [3.05, 3.63) is 217 Å². The standard InChI is InChI=1S/C52H41N2O.C14H16NSi.Ir/c1-31(2)43-28-39(36-23-21-35(22-24-36)34-14-7-6-8-15-34)29-44(32(3)4)50(43)54-49-33(5)13-11-20-47(49)53-52(54)42-19-12-18-41-46-27-38-26-25-37-16-9-10-17-40(37)45(38)30-48(46)55-51(41)42;1-16(2,3)13-9-10-14(15-11-13)12-7-5-4-6-8-12;/h6-18,20-32H,1-5H3;4-7,9-11H,1-3H3;/q2*-1;/i5D3;;. The molecule has 12 rings (SSSR count). The first-order valence-electron chi connectivity index (χ1n) is 26.1. The van der Waals surface area contributed by atoms with Crippen LogP contribution in [0.15, 0.2) is 193 Å². The maximum atomic E-state index is 8.73. The molecule has 0 N–H and O–H groups in total. The van der Waals surface area contributed by atoms with Gasteiger partial charge in [-0.3, -0.25) is 4.98 Å². The number of fused-ring (bicyclic) bond motifs is 7. The van der Waals surface area contributed by atoms with Gasteiger partial charge in [-0.1, -0.05) is 174 Å². The van der Waals surface area contributed by atoms with E-state index >= 15 is 0 Å². The van der Waals surface area contributed by atoms with Crippen LogP contribution < -0.4 is 5.19 Å². The van der Waals surface area contributed by atoms with Crippen LogP contribution in [0.5, 0.6) is 0 Å². The van der Waals surface area contributed by atoms with Gasteiger partial charge in [0.05, 0.1) is 30.5 Å². The van der Waals surface area contributed by atoms with Crippen LogP contribution >= 0.6 is 0 Å². The van der Waals surface area contributed by atoms with E-state index in [-0.39, 0.29) is 37.5 Å². The van der Waals surface area contributed by atoms with Gasteiger partial charge in [0.25, 0.3) is 0 Å². The molecule has 3 heterocycles. The number of aromatic nitrogens is 3. The minimum Gasteiger partial charge on any atom is -0.501 e. The summed E-state index contributed by atoms with van der Waals surface area (Å²) in [5, 5.41) is 7.97. The van der Waals surface area contributed by atoms with Crippen molar-refractivity contribution < 1.29 is 28.6 Å². The van der Waals surface area contributed by atoms with Gasteiger partial charge >= 0.3 is 0 Å². The molecule has 0 saturated heterocycles. The zero-order valence-corrected chi connectivity index (χ0v) is 45.0. The first-order valence-corrected chi connectivity index (χ1v) is 28.1. The Labute approximate surface area is 442 Å². The van der Waals surface area contributed by atoms with E-state index in [0.29, 0.717) is 28.0 Å². The molecule has 0 amide bonds. The van der Waals surface area contributed by atoms with Crippen LogP contribution in [0.2, 0.25) is 19.6 Å². The van der Waals surface area contributed by atoms with Crippen molar-refractivity contribution in [3.8, 4) is 50.6 Å². The average Bonchev–Trinajstić information content (AvgIpc) is 4.00. The Balaban J connectivity index is 0.000000323. The number of benzene rings is 9. The van der Waals surface area contributed by atoms with E-state index in [0.717, 1.165) is 66.3 Å². The van der Waals surface area contributed by atoms with Crippen molar-refractivity contribution in [1.82, 2.24) is 14.5 Å². The van der Waals surface area contributed by atoms with Crippen molar-refractivity contribution >= 4 is 67.8 Å². The zero-order chi connectivity index (χ0) is 51.5. The largest absolute Gasteiger partial charge is 0.501 e. The van der Waals surface area contributed by atoms with Gasteiger partial charge in [-0.15, -0.1) is 54.1 Å². The Morgan fingerprint density at radius 3 is 1.96 bits per heavy atom. The zero-order valence-electron chi connectivity index (χ0n) is 44.6. The van der Waals surface area contributed by atoms with E-state index in [1.165, 1.54) is 27.1 Å². The van der Waals surface area contributed by atoms with E-state index in [1.807, 2.05) is 48.7 Å². The van der Waals surface area contributed by atoms with E-state index in [4.69, 9.17) is 13.5 Å². The minimum atomic E-state index is -2.39. The second kappa shape index (κ2) is 19.8. The summed E-state index contributed by atoms with van der Waals surface area (Å²) in [4.78, 5) is 9.81. The molecule has 0 bridgehead atoms. The van der Waals surface area contributed by atoms with Crippen molar-refractivity contribution in [2.45, 2.75) is 66.0 Å². The van der Waals surface area contributed by atoms with Crippen LogP contribution in [-0.4, -0.2) is 22.6 Å². The molecular weight excluding hydrogens is 1070 g/mol. The Morgan fingerprint density at radius 2 is 1.28 bits per heavy atom. The van der Waals surface area contributed by atoms with E-state index < -0.39 is 14.9 Å². The summed E-state index contributed by atoms with van der Waals surface area (Å²) in [6.07, 6.45) is 2.02. The summed E-state index contributed by atoms with van der Waals surface area (Å²) in [6, 6.07) is 69.2. The molecule has 72 heavy (non-hydrogen) atoms. The summed E-state index contributed by atoms with van der Waals surface area (Å²) < 4.78 is 35.1. The molecule has 6 heteroatoms. The van der Waals surface area contributed by atoms with Gasteiger partial charge in [-0.25, -0.2) is 0 Å². The van der Waals surface area contributed by atoms with Crippen LogP contribution in [-0.2, 0) is 20.1 Å². The molecule has 0 unspecified atom stereocenters. The van der Waals surface area contributed by atoms with Gasteiger partial charge in [0.1, 0.15) is 5.58 Å².